The van der Waals surface area contributed by atoms with Gasteiger partial charge < -0.3 is 4.55 Å². The SMILES string of the molecule is Cc1ccc(Br)cc1CS(=O)[O-]. The van der Waals surface area contributed by atoms with Gasteiger partial charge in [-0.05, 0) is 30.2 Å². The van der Waals surface area contributed by atoms with Gasteiger partial charge in [0, 0.05) is 10.2 Å². The summed E-state index contributed by atoms with van der Waals surface area (Å²) in [6, 6.07) is 5.62. The molecule has 0 bridgehead atoms. The van der Waals surface area contributed by atoms with Crippen LogP contribution in [-0.4, -0.2) is 8.76 Å². The predicted molar refractivity (Wildman–Crippen MR) is 51.5 cm³/mol. The Kier molecular flexibility index (Phi) is 3.43. The number of rotatable bonds is 2. The Hall–Kier alpha value is -0.190. The van der Waals surface area contributed by atoms with Gasteiger partial charge in [0.1, 0.15) is 0 Å². The first-order valence-electron chi connectivity index (χ1n) is 3.40. The van der Waals surface area contributed by atoms with Gasteiger partial charge in [-0.3, -0.25) is 4.21 Å². The zero-order chi connectivity index (χ0) is 9.14. The molecule has 0 radical (unpaired) electrons. The molecule has 0 saturated heterocycles. The summed E-state index contributed by atoms with van der Waals surface area (Å²) in [6.07, 6.45) is 0. The lowest BCUT2D eigenvalue weighted by molar-refractivity contribution is 0.536. The fraction of sp³-hybridized carbons (Fsp3) is 0.250. The van der Waals surface area contributed by atoms with E-state index in [1.165, 1.54) is 0 Å². The summed E-state index contributed by atoms with van der Waals surface area (Å²) in [5.74, 6) is 0.0886. The molecule has 0 aliphatic carbocycles. The van der Waals surface area contributed by atoms with E-state index in [0.29, 0.717) is 0 Å². The fourth-order valence-corrected chi connectivity index (χ4v) is 1.90. The van der Waals surface area contributed by atoms with E-state index in [1.54, 1.807) is 0 Å². The van der Waals surface area contributed by atoms with Crippen LogP contribution in [0.25, 0.3) is 0 Å². The molecule has 0 aliphatic rings. The highest BCUT2D eigenvalue weighted by atomic mass is 79.9. The molecule has 0 aromatic heterocycles. The van der Waals surface area contributed by atoms with Crippen LogP contribution in [-0.2, 0) is 16.8 Å². The Morgan fingerprint density at radius 1 is 1.58 bits per heavy atom. The van der Waals surface area contributed by atoms with Crippen LogP contribution in [0.2, 0.25) is 0 Å². The smallest absolute Gasteiger partial charge is 0.0356 e. The van der Waals surface area contributed by atoms with E-state index < -0.39 is 11.1 Å². The number of aryl methyl sites for hydroxylation is 1. The van der Waals surface area contributed by atoms with E-state index in [-0.39, 0.29) is 5.75 Å². The van der Waals surface area contributed by atoms with E-state index in [0.717, 1.165) is 15.6 Å². The molecule has 0 heterocycles. The Bertz CT molecular complexity index is 312. The van der Waals surface area contributed by atoms with Gasteiger partial charge in [0.05, 0.1) is 0 Å². The van der Waals surface area contributed by atoms with Crippen LogP contribution in [0.15, 0.2) is 22.7 Å². The molecule has 0 N–H and O–H groups in total. The second-order valence-corrected chi connectivity index (χ2v) is 4.33. The van der Waals surface area contributed by atoms with Crippen molar-refractivity contribution in [1.82, 2.24) is 0 Å². The van der Waals surface area contributed by atoms with Crippen LogP contribution in [0.3, 0.4) is 0 Å². The third-order valence-electron chi connectivity index (χ3n) is 1.58. The van der Waals surface area contributed by atoms with Crippen LogP contribution < -0.4 is 0 Å². The molecule has 1 atom stereocenters. The van der Waals surface area contributed by atoms with E-state index in [1.807, 2.05) is 25.1 Å². The molecular weight excluding hydrogens is 240 g/mol. The molecule has 0 fully saturated rings. The van der Waals surface area contributed by atoms with Crippen molar-refractivity contribution in [3.8, 4) is 0 Å². The van der Waals surface area contributed by atoms with Gasteiger partial charge in [-0.1, -0.05) is 33.1 Å². The Balaban J connectivity index is 2.97. The van der Waals surface area contributed by atoms with Gasteiger partial charge >= 0.3 is 0 Å². The maximum absolute atomic E-state index is 10.4. The molecule has 1 aromatic carbocycles. The zero-order valence-corrected chi connectivity index (χ0v) is 8.94. The van der Waals surface area contributed by atoms with E-state index in [9.17, 15) is 8.76 Å². The van der Waals surface area contributed by atoms with E-state index in [4.69, 9.17) is 0 Å². The zero-order valence-electron chi connectivity index (χ0n) is 6.54. The first-order valence-corrected chi connectivity index (χ1v) is 5.44. The lowest BCUT2D eigenvalue weighted by Gasteiger charge is -2.08. The molecule has 1 unspecified atom stereocenters. The summed E-state index contributed by atoms with van der Waals surface area (Å²) in [5, 5.41) is 0. The average molecular weight is 248 g/mol. The molecular formula is C8H8BrO2S-. The molecule has 0 saturated carbocycles. The van der Waals surface area contributed by atoms with Crippen molar-refractivity contribution in [2.75, 3.05) is 0 Å². The first-order chi connectivity index (χ1) is 5.59. The monoisotopic (exact) mass is 247 g/mol. The van der Waals surface area contributed by atoms with Crippen molar-refractivity contribution in [1.29, 1.82) is 0 Å². The summed E-state index contributed by atoms with van der Waals surface area (Å²) in [7, 11) is 0. The lowest BCUT2D eigenvalue weighted by atomic mass is 10.1. The maximum Gasteiger partial charge on any atom is 0.0356 e. The van der Waals surface area contributed by atoms with Gasteiger partial charge in [-0.2, -0.15) is 0 Å². The number of benzene rings is 1. The Morgan fingerprint density at radius 2 is 2.25 bits per heavy atom. The summed E-state index contributed by atoms with van der Waals surface area (Å²) < 4.78 is 21.7. The van der Waals surface area contributed by atoms with Crippen molar-refractivity contribution in [3.63, 3.8) is 0 Å². The van der Waals surface area contributed by atoms with Crippen molar-refractivity contribution >= 4 is 27.0 Å². The van der Waals surface area contributed by atoms with Crippen molar-refractivity contribution in [2.45, 2.75) is 12.7 Å². The van der Waals surface area contributed by atoms with E-state index >= 15 is 0 Å². The Morgan fingerprint density at radius 3 is 2.83 bits per heavy atom. The van der Waals surface area contributed by atoms with Crippen LogP contribution in [0.4, 0.5) is 0 Å². The van der Waals surface area contributed by atoms with Crippen molar-refractivity contribution in [2.24, 2.45) is 0 Å². The van der Waals surface area contributed by atoms with Crippen LogP contribution >= 0.6 is 15.9 Å². The first kappa shape index (κ1) is 9.89. The molecule has 2 nitrogen and oxygen atoms in total. The van der Waals surface area contributed by atoms with Crippen molar-refractivity contribution < 1.29 is 8.76 Å². The molecule has 66 valence electrons. The topological polar surface area (TPSA) is 40.1 Å². The number of hydrogen-bond donors (Lipinski definition) is 0. The third-order valence-corrected chi connectivity index (χ3v) is 2.62. The summed E-state index contributed by atoms with van der Waals surface area (Å²) in [6.45, 7) is 1.90. The van der Waals surface area contributed by atoms with Crippen LogP contribution in [0.5, 0.6) is 0 Å². The number of hydrogen-bond acceptors (Lipinski definition) is 2. The molecule has 0 spiro atoms. The standard InChI is InChI=1S/C8H9BrO2S/c1-6-2-3-8(9)4-7(6)5-12(10)11/h2-4H,5H2,1H3,(H,10,11)/p-1. The second-order valence-electron chi connectivity index (χ2n) is 2.52. The molecule has 0 aliphatic heterocycles. The summed E-state index contributed by atoms with van der Waals surface area (Å²) in [4.78, 5) is 0. The van der Waals surface area contributed by atoms with Gasteiger partial charge in [0.25, 0.3) is 0 Å². The predicted octanol–water partition coefficient (Wildman–Crippen LogP) is 2.14. The van der Waals surface area contributed by atoms with Gasteiger partial charge in [-0.15, -0.1) is 0 Å². The maximum atomic E-state index is 10.4. The third kappa shape index (κ3) is 2.69. The quantitative estimate of drug-likeness (QED) is 0.752. The van der Waals surface area contributed by atoms with Crippen LogP contribution in [0.1, 0.15) is 11.1 Å². The molecule has 0 amide bonds. The van der Waals surface area contributed by atoms with Gasteiger partial charge in [0.2, 0.25) is 0 Å². The second kappa shape index (κ2) is 4.16. The van der Waals surface area contributed by atoms with Gasteiger partial charge in [-0.25, -0.2) is 0 Å². The van der Waals surface area contributed by atoms with Crippen molar-refractivity contribution in [3.05, 3.63) is 33.8 Å². The van der Waals surface area contributed by atoms with Gasteiger partial charge in [0.15, 0.2) is 0 Å². The largest absolute Gasteiger partial charge is 0.772 e. The summed E-state index contributed by atoms with van der Waals surface area (Å²) >= 11 is 1.28. The minimum absolute atomic E-state index is 0.0886. The Labute approximate surface area is 82.4 Å². The highest BCUT2D eigenvalue weighted by molar-refractivity contribution is 9.10. The highest BCUT2D eigenvalue weighted by Crippen LogP contribution is 2.16. The van der Waals surface area contributed by atoms with Crippen LogP contribution in [0, 0.1) is 6.92 Å². The molecule has 4 heteroatoms. The highest BCUT2D eigenvalue weighted by Gasteiger charge is 1.98. The normalized spacial score (nSPS) is 12.9. The lowest BCUT2D eigenvalue weighted by Crippen LogP contribution is -1.95. The molecule has 1 aromatic rings. The fourth-order valence-electron chi connectivity index (χ4n) is 0.923. The average Bonchev–Trinajstić information content (AvgIpc) is 1.96. The summed E-state index contributed by atoms with van der Waals surface area (Å²) in [5.41, 5.74) is 1.85. The number of halogens is 1. The van der Waals surface area contributed by atoms with E-state index in [2.05, 4.69) is 15.9 Å². The minimum atomic E-state index is -2.01. The molecule has 1 rings (SSSR count). The molecule has 12 heavy (non-hydrogen) atoms. The minimum Gasteiger partial charge on any atom is -0.772 e.